The molecule has 0 aliphatic carbocycles. The van der Waals surface area contributed by atoms with Gasteiger partial charge in [-0.25, -0.2) is 0 Å². The van der Waals surface area contributed by atoms with Gasteiger partial charge in [0.25, 0.3) is 0 Å². The highest BCUT2D eigenvalue weighted by molar-refractivity contribution is 5.29. The molecule has 6 heteroatoms. The van der Waals surface area contributed by atoms with Crippen LogP contribution in [-0.2, 0) is 19.5 Å². The molecule has 0 aliphatic rings. The number of hydrogen-bond donors (Lipinski definition) is 0. The second-order valence-electron chi connectivity index (χ2n) is 3.49. The Hall–Kier alpha value is -1.98. The van der Waals surface area contributed by atoms with Crippen LogP contribution in [0.4, 0.5) is 0 Å². The van der Waals surface area contributed by atoms with E-state index in [0.717, 1.165) is 5.56 Å². The van der Waals surface area contributed by atoms with Crippen molar-refractivity contribution in [2.24, 2.45) is 0 Å². The largest absolute Gasteiger partial charge is 0.264 e. The van der Waals surface area contributed by atoms with Crippen molar-refractivity contribution in [2.75, 3.05) is 0 Å². The maximum atomic E-state index is 10.4. The molecule has 16 heavy (non-hydrogen) atoms. The van der Waals surface area contributed by atoms with Crippen LogP contribution in [0.25, 0.3) is 0 Å². The van der Waals surface area contributed by atoms with Gasteiger partial charge in [-0.3, -0.25) is 20.2 Å². The summed E-state index contributed by atoms with van der Waals surface area (Å²) in [5, 5.41) is 20.7. The van der Waals surface area contributed by atoms with Crippen molar-refractivity contribution in [3.8, 4) is 0 Å². The van der Waals surface area contributed by atoms with Crippen LogP contribution in [0.5, 0.6) is 0 Å². The van der Waals surface area contributed by atoms with Gasteiger partial charge < -0.3 is 0 Å². The SMILES string of the molecule is CCc1cc(C[N+](=O)[O-])cc(C[N+](=O)[O-])c1. The molecule has 0 amide bonds. The number of nitro groups is 2. The highest BCUT2D eigenvalue weighted by Gasteiger charge is 2.08. The predicted octanol–water partition coefficient (Wildman–Crippen LogP) is 1.80. The molecule has 0 atom stereocenters. The Morgan fingerprint density at radius 3 is 1.62 bits per heavy atom. The van der Waals surface area contributed by atoms with Gasteiger partial charge in [-0.15, -0.1) is 0 Å². The summed E-state index contributed by atoms with van der Waals surface area (Å²) in [4.78, 5) is 19.9. The van der Waals surface area contributed by atoms with Gasteiger partial charge in [0.05, 0.1) is 0 Å². The average Bonchev–Trinajstić information content (AvgIpc) is 2.14. The second-order valence-corrected chi connectivity index (χ2v) is 3.49. The fourth-order valence-electron chi connectivity index (χ4n) is 1.52. The molecular weight excluding hydrogens is 212 g/mol. The monoisotopic (exact) mass is 224 g/mol. The molecule has 0 fully saturated rings. The van der Waals surface area contributed by atoms with Crippen LogP contribution in [0.3, 0.4) is 0 Å². The summed E-state index contributed by atoms with van der Waals surface area (Å²) < 4.78 is 0. The molecule has 0 aliphatic heterocycles. The minimum Gasteiger partial charge on any atom is -0.264 e. The molecular formula is C10H12N2O4. The first-order valence-corrected chi connectivity index (χ1v) is 4.86. The molecule has 0 spiro atoms. The quantitative estimate of drug-likeness (QED) is 0.563. The minimum absolute atomic E-state index is 0.293. The van der Waals surface area contributed by atoms with Crippen molar-refractivity contribution in [3.63, 3.8) is 0 Å². The highest BCUT2D eigenvalue weighted by Crippen LogP contribution is 2.13. The van der Waals surface area contributed by atoms with Gasteiger partial charge in [-0.05, 0) is 30.2 Å². The van der Waals surface area contributed by atoms with Gasteiger partial charge in [0.15, 0.2) is 0 Å². The number of rotatable bonds is 5. The molecule has 0 saturated carbocycles. The lowest BCUT2D eigenvalue weighted by atomic mass is 10.0. The Morgan fingerprint density at radius 1 is 0.938 bits per heavy atom. The van der Waals surface area contributed by atoms with Crippen molar-refractivity contribution in [1.82, 2.24) is 0 Å². The highest BCUT2D eigenvalue weighted by atomic mass is 16.6. The van der Waals surface area contributed by atoms with E-state index in [2.05, 4.69) is 0 Å². The Balaban J connectivity index is 3.00. The lowest BCUT2D eigenvalue weighted by Gasteiger charge is -2.03. The van der Waals surface area contributed by atoms with Crippen LogP contribution in [0.1, 0.15) is 23.6 Å². The smallest absolute Gasteiger partial charge is 0.228 e. The van der Waals surface area contributed by atoms with Gasteiger partial charge in [0, 0.05) is 21.0 Å². The maximum Gasteiger partial charge on any atom is 0.228 e. The third-order valence-corrected chi connectivity index (χ3v) is 2.14. The zero-order chi connectivity index (χ0) is 12.1. The third kappa shape index (κ3) is 3.64. The topological polar surface area (TPSA) is 86.3 Å². The van der Waals surface area contributed by atoms with E-state index >= 15 is 0 Å². The van der Waals surface area contributed by atoms with E-state index in [-0.39, 0.29) is 13.1 Å². The van der Waals surface area contributed by atoms with Gasteiger partial charge in [0.1, 0.15) is 0 Å². The summed E-state index contributed by atoms with van der Waals surface area (Å²) in [5.74, 6) is 0. The molecule has 0 saturated heterocycles. The molecule has 0 heterocycles. The Morgan fingerprint density at radius 2 is 1.31 bits per heavy atom. The zero-order valence-corrected chi connectivity index (χ0v) is 8.88. The van der Waals surface area contributed by atoms with E-state index in [0.29, 0.717) is 17.5 Å². The van der Waals surface area contributed by atoms with Crippen LogP contribution in [0, 0.1) is 20.2 Å². The fourth-order valence-corrected chi connectivity index (χ4v) is 1.52. The van der Waals surface area contributed by atoms with Gasteiger partial charge in [-0.2, -0.15) is 0 Å². The van der Waals surface area contributed by atoms with Crippen LogP contribution >= 0.6 is 0 Å². The number of aryl methyl sites for hydroxylation is 1. The first-order valence-electron chi connectivity index (χ1n) is 4.86. The zero-order valence-electron chi connectivity index (χ0n) is 8.88. The molecule has 1 rings (SSSR count). The maximum absolute atomic E-state index is 10.4. The minimum atomic E-state index is -0.440. The third-order valence-electron chi connectivity index (χ3n) is 2.14. The van der Waals surface area contributed by atoms with E-state index in [1.165, 1.54) is 6.07 Å². The molecule has 1 aromatic rings. The van der Waals surface area contributed by atoms with Crippen molar-refractivity contribution >= 4 is 0 Å². The molecule has 6 nitrogen and oxygen atoms in total. The summed E-state index contributed by atoms with van der Waals surface area (Å²) in [7, 11) is 0. The van der Waals surface area contributed by atoms with Crippen molar-refractivity contribution < 1.29 is 9.85 Å². The van der Waals surface area contributed by atoms with Gasteiger partial charge >= 0.3 is 0 Å². The van der Waals surface area contributed by atoms with E-state index < -0.39 is 9.85 Å². The summed E-state index contributed by atoms with van der Waals surface area (Å²) in [6.45, 7) is 1.32. The molecule has 0 radical (unpaired) electrons. The number of hydrogen-bond acceptors (Lipinski definition) is 4. The molecule has 0 unspecified atom stereocenters. The summed E-state index contributed by atoms with van der Waals surface area (Å²) in [5.41, 5.74) is 1.92. The standard InChI is InChI=1S/C10H12N2O4/c1-2-8-3-9(6-11(13)14)5-10(4-8)7-12(15)16/h3-5H,2,6-7H2,1H3. The summed E-state index contributed by atoms with van der Waals surface area (Å²) >= 11 is 0. The average molecular weight is 224 g/mol. The molecule has 0 bridgehead atoms. The fraction of sp³-hybridized carbons (Fsp3) is 0.400. The molecule has 0 aromatic heterocycles. The van der Waals surface area contributed by atoms with E-state index in [4.69, 9.17) is 0 Å². The van der Waals surface area contributed by atoms with Crippen molar-refractivity contribution in [1.29, 1.82) is 0 Å². The Bertz CT molecular complexity index is 383. The van der Waals surface area contributed by atoms with E-state index in [1.54, 1.807) is 12.1 Å². The van der Waals surface area contributed by atoms with Crippen molar-refractivity contribution in [3.05, 3.63) is 55.1 Å². The number of nitrogens with zero attached hydrogens (tertiary/aromatic N) is 2. The normalized spacial score (nSPS) is 10.1. The van der Waals surface area contributed by atoms with E-state index in [9.17, 15) is 20.2 Å². The number of benzene rings is 1. The first-order chi connectivity index (χ1) is 7.51. The van der Waals surface area contributed by atoms with Crippen molar-refractivity contribution in [2.45, 2.75) is 26.4 Å². The first kappa shape index (κ1) is 12.1. The summed E-state index contributed by atoms with van der Waals surface area (Å²) in [6.07, 6.45) is 0.705. The van der Waals surface area contributed by atoms with E-state index in [1.807, 2.05) is 6.92 Å². The predicted molar refractivity (Wildman–Crippen MR) is 57.2 cm³/mol. The molecule has 86 valence electrons. The molecule has 0 N–H and O–H groups in total. The Kier molecular flexibility index (Phi) is 3.93. The van der Waals surface area contributed by atoms with Crippen LogP contribution in [-0.4, -0.2) is 9.85 Å². The Labute approximate surface area is 92.2 Å². The summed E-state index contributed by atoms with van der Waals surface area (Å²) in [6, 6.07) is 4.95. The van der Waals surface area contributed by atoms with Gasteiger partial charge in [-0.1, -0.05) is 6.92 Å². The molecule has 1 aromatic carbocycles. The van der Waals surface area contributed by atoms with Crippen LogP contribution in [0.15, 0.2) is 18.2 Å². The van der Waals surface area contributed by atoms with Gasteiger partial charge in [0.2, 0.25) is 13.1 Å². The lowest BCUT2D eigenvalue weighted by Crippen LogP contribution is -2.03. The van der Waals surface area contributed by atoms with Crippen LogP contribution in [0.2, 0.25) is 0 Å². The lowest BCUT2D eigenvalue weighted by molar-refractivity contribution is -0.498. The second kappa shape index (κ2) is 5.20. The van der Waals surface area contributed by atoms with Crippen LogP contribution < -0.4 is 0 Å².